The van der Waals surface area contributed by atoms with Gasteiger partial charge in [-0.1, -0.05) is 0 Å². The molecule has 7 nitrogen and oxygen atoms in total. The van der Waals surface area contributed by atoms with Gasteiger partial charge in [-0.25, -0.2) is 9.18 Å². The van der Waals surface area contributed by atoms with Gasteiger partial charge in [0.1, 0.15) is 23.7 Å². The second kappa shape index (κ2) is 6.34. The maximum atomic E-state index is 14.2. The Kier molecular flexibility index (Phi) is 4.47. The van der Waals surface area contributed by atoms with Gasteiger partial charge in [-0.15, -0.1) is 0 Å². The van der Waals surface area contributed by atoms with Crippen LogP contribution in [0.4, 0.5) is 8.78 Å². The Morgan fingerprint density at radius 1 is 1.21 bits per heavy atom. The van der Waals surface area contributed by atoms with E-state index in [4.69, 9.17) is 15.3 Å². The minimum atomic E-state index is -1.26. The SMILES string of the molecule is CC(C#N)Oc1cc(-n2cc(F)c(=O)n(C)c2=O)c(F)cc1C#N. The molecule has 24 heavy (non-hydrogen) atoms. The molecule has 1 heterocycles. The fourth-order valence-corrected chi connectivity index (χ4v) is 1.93. The molecule has 2 aromatic rings. The van der Waals surface area contributed by atoms with Gasteiger partial charge in [0.2, 0.25) is 5.82 Å². The predicted octanol–water partition coefficient (Wildman–Crippen LogP) is 0.977. The predicted molar refractivity (Wildman–Crippen MR) is 77.6 cm³/mol. The van der Waals surface area contributed by atoms with Gasteiger partial charge < -0.3 is 4.74 Å². The van der Waals surface area contributed by atoms with Gasteiger partial charge in [0.25, 0.3) is 5.56 Å². The smallest absolute Gasteiger partial charge is 0.335 e. The van der Waals surface area contributed by atoms with Crippen LogP contribution in [-0.2, 0) is 7.05 Å². The molecule has 0 saturated heterocycles. The second-order valence-corrected chi connectivity index (χ2v) is 4.79. The van der Waals surface area contributed by atoms with Crippen LogP contribution in [0, 0.1) is 34.3 Å². The lowest BCUT2D eigenvalue weighted by Gasteiger charge is -2.14. The molecule has 0 aliphatic rings. The van der Waals surface area contributed by atoms with Crippen LogP contribution < -0.4 is 16.0 Å². The van der Waals surface area contributed by atoms with Crippen molar-refractivity contribution in [3.63, 3.8) is 0 Å². The van der Waals surface area contributed by atoms with E-state index in [-0.39, 0.29) is 11.3 Å². The summed E-state index contributed by atoms with van der Waals surface area (Å²) in [7, 11) is 1.04. The molecule has 9 heteroatoms. The summed E-state index contributed by atoms with van der Waals surface area (Å²) in [4.78, 5) is 23.5. The Balaban J connectivity index is 2.75. The molecular weight excluding hydrogens is 322 g/mol. The average Bonchev–Trinajstić information content (AvgIpc) is 2.57. The highest BCUT2D eigenvalue weighted by atomic mass is 19.1. The van der Waals surface area contributed by atoms with E-state index in [0.717, 1.165) is 19.2 Å². The first-order valence-electron chi connectivity index (χ1n) is 6.58. The fraction of sp³-hybridized carbons (Fsp3) is 0.200. The van der Waals surface area contributed by atoms with E-state index < -0.39 is 34.7 Å². The topological polar surface area (TPSA) is 101 Å². The van der Waals surface area contributed by atoms with Crippen LogP contribution in [0.25, 0.3) is 5.69 Å². The summed E-state index contributed by atoms with van der Waals surface area (Å²) in [5, 5.41) is 17.8. The molecule has 0 saturated carbocycles. The molecular formula is C15H10F2N4O3. The van der Waals surface area contributed by atoms with Crippen LogP contribution >= 0.6 is 0 Å². The van der Waals surface area contributed by atoms with E-state index in [1.807, 2.05) is 0 Å². The Labute approximate surface area is 134 Å². The van der Waals surface area contributed by atoms with Crippen LogP contribution in [0.2, 0.25) is 0 Å². The second-order valence-electron chi connectivity index (χ2n) is 4.79. The number of aromatic nitrogens is 2. The highest BCUT2D eigenvalue weighted by Crippen LogP contribution is 2.25. The first-order valence-corrected chi connectivity index (χ1v) is 6.58. The van der Waals surface area contributed by atoms with E-state index in [0.29, 0.717) is 15.3 Å². The van der Waals surface area contributed by atoms with E-state index in [2.05, 4.69) is 0 Å². The van der Waals surface area contributed by atoms with Gasteiger partial charge >= 0.3 is 5.69 Å². The molecule has 0 fully saturated rings. The summed E-state index contributed by atoms with van der Waals surface area (Å²) >= 11 is 0. The number of nitrogens with zero attached hydrogens (tertiary/aromatic N) is 4. The molecule has 2 rings (SSSR count). The zero-order chi connectivity index (χ0) is 18.0. The lowest BCUT2D eigenvalue weighted by molar-refractivity contribution is 0.275. The monoisotopic (exact) mass is 332 g/mol. The summed E-state index contributed by atoms with van der Waals surface area (Å²) in [6, 6.07) is 5.27. The van der Waals surface area contributed by atoms with Gasteiger partial charge in [0, 0.05) is 13.1 Å². The summed E-state index contributed by atoms with van der Waals surface area (Å²) < 4.78 is 34.1. The van der Waals surface area contributed by atoms with Crippen LogP contribution in [-0.4, -0.2) is 15.2 Å². The number of rotatable bonds is 3. The third-order valence-corrected chi connectivity index (χ3v) is 3.16. The standard InChI is InChI=1S/C15H10F2N4O3/c1-8(5-18)24-13-4-12(10(16)3-9(13)6-19)21-7-11(17)14(22)20(2)15(21)23/h3-4,7-8H,1-2H3. The molecule has 0 radical (unpaired) electrons. The zero-order valence-electron chi connectivity index (χ0n) is 12.6. The first kappa shape index (κ1) is 16.9. The van der Waals surface area contributed by atoms with Crippen molar-refractivity contribution in [2.75, 3.05) is 0 Å². The molecule has 1 unspecified atom stereocenters. The Morgan fingerprint density at radius 2 is 1.88 bits per heavy atom. The number of hydrogen-bond donors (Lipinski definition) is 0. The van der Waals surface area contributed by atoms with Gasteiger partial charge in [0.15, 0.2) is 6.10 Å². The molecule has 122 valence electrons. The minimum Gasteiger partial charge on any atom is -0.474 e. The van der Waals surface area contributed by atoms with E-state index in [9.17, 15) is 18.4 Å². The third-order valence-electron chi connectivity index (χ3n) is 3.16. The molecule has 0 aliphatic carbocycles. The number of halogens is 2. The van der Waals surface area contributed by atoms with Crippen LogP contribution in [0.3, 0.4) is 0 Å². The molecule has 0 spiro atoms. The van der Waals surface area contributed by atoms with Crippen LogP contribution in [0.1, 0.15) is 12.5 Å². The van der Waals surface area contributed by atoms with Gasteiger partial charge in [-0.2, -0.15) is 14.9 Å². The maximum absolute atomic E-state index is 14.2. The normalized spacial score (nSPS) is 11.4. The first-order chi connectivity index (χ1) is 11.3. The van der Waals surface area contributed by atoms with Crippen molar-refractivity contribution in [3.8, 4) is 23.6 Å². The van der Waals surface area contributed by atoms with Gasteiger partial charge in [0.05, 0.1) is 17.4 Å². The van der Waals surface area contributed by atoms with E-state index in [1.54, 1.807) is 12.1 Å². The molecule has 1 aromatic carbocycles. The molecule has 1 aromatic heterocycles. The van der Waals surface area contributed by atoms with Crippen LogP contribution in [0.5, 0.6) is 5.75 Å². The van der Waals surface area contributed by atoms with Gasteiger partial charge in [-0.05, 0) is 13.0 Å². The molecule has 0 aliphatic heterocycles. The Hall–Kier alpha value is -3.46. The number of nitriles is 2. The summed E-state index contributed by atoms with van der Waals surface area (Å²) in [5.74, 6) is -2.40. The number of hydrogen-bond acceptors (Lipinski definition) is 5. The molecule has 0 amide bonds. The summed E-state index contributed by atoms with van der Waals surface area (Å²) in [5.41, 5.74) is -2.76. The zero-order valence-corrected chi connectivity index (χ0v) is 12.6. The van der Waals surface area contributed by atoms with Crippen molar-refractivity contribution in [2.45, 2.75) is 13.0 Å². The Morgan fingerprint density at radius 3 is 2.46 bits per heavy atom. The summed E-state index contributed by atoms with van der Waals surface area (Å²) in [6.45, 7) is 1.41. The minimum absolute atomic E-state index is 0.149. The van der Waals surface area contributed by atoms with Crippen molar-refractivity contribution >= 4 is 0 Å². The summed E-state index contributed by atoms with van der Waals surface area (Å²) in [6.07, 6.45) is -0.392. The highest BCUT2D eigenvalue weighted by molar-refractivity contribution is 5.51. The third kappa shape index (κ3) is 2.88. The van der Waals surface area contributed by atoms with E-state index in [1.165, 1.54) is 6.92 Å². The quantitative estimate of drug-likeness (QED) is 0.834. The largest absolute Gasteiger partial charge is 0.474 e. The van der Waals surface area contributed by atoms with Crippen molar-refractivity contribution in [1.82, 2.24) is 9.13 Å². The molecule has 1 atom stereocenters. The lowest BCUT2D eigenvalue weighted by Crippen LogP contribution is -2.38. The average molecular weight is 332 g/mol. The fourth-order valence-electron chi connectivity index (χ4n) is 1.93. The highest BCUT2D eigenvalue weighted by Gasteiger charge is 2.17. The van der Waals surface area contributed by atoms with Crippen molar-refractivity contribution < 1.29 is 13.5 Å². The van der Waals surface area contributed by atoms with Gasteiger partial charge in [-0.3, -0.25) is 13.9 Å². The van der Waals surface area contributed by atoms with Crippen molar-refractivity contribution in [2.24, 2.45) is 7.05 Å². The number of benzene rings is 1. The molecule has 0 N–H and O–H groups in total. The van der Waals surface area contributed by atoms with E-state index >= 15 is 0 Å². The number of ether oxygens (including phenoxy) is 1. The molecule has 0 bridgehead atoms. The Bertz CT molecular complexity index is 1010. The van der Waals surface area contributed by atoms with Crippen molar-refractivity contribution in [3.05, 3.63) is 56.4 Å². The lowest BCUT2D eigenvalue weighted by atomic mass is 10.1. The maximum Gasteiger partial charge on any atom is 0.335 e. The van der Waals surface area contributed by atoms with Crippen molar-refractivity contribution in [1.29, 1.82) is 10.5 Å². The van der Waals surface area contributed by atoms with Crippen LogP contribution in [0.15, 0.2) is 27.9 Å².